The minimum Gasteiger partial charge on any atom is -0.242 e. The maximum absolute atomic E-state index is 4.11. The number of rotatable bonds is 3. The topological polar surface area (TPSA) is 61.4 Å². The predicted octanol–water partition coefficient (Wildman–Crippen LogP) is 1.46. The average Bonchev–Trinajstić information content (AvgIpc) is 2.97. The molecule has 0 bridgehead atoms. The van der Waals surface area contributed by atoms with E-state index in [-0.39, 0.29) is 0 Å². The summed E-state index contributed by atoms with van der Waals surface area (Å²) < 4.78 is 4.41. The Kier molecular flexibility index (Phi) is 2.75. The standard InChI is InChI=1S/C10H9IN6/c11-7-16-5-8(12-14-16)6-17-10-4-2-1-3-9(10)13-15-17/h1-5H,6-7H2. The zero-order valence-corrected chi connectivity index (χ0v) is 11.0. The van der Waals surface area contributed by atoms with E-state index in [0.29, 0.717) is 6.54 Å². The van der Waals surface area contributed by atoms with Gasteiger partial charge in [-0.25, -0.2) is 9.36 Å². The van der Waals surface area contributed by atoms with E-state index in [0.717, 1.165) is 21.3 Å². The lowest BCUT2D eigenvalue weighted by atomic mass is 10.3. The van der Waals surface area contributed by atoms with Crippen LogP contribution in [-0.4, -0.2) is 30.0 Å². The molecule has 6 nitrogen and oxygen atoms in total. The van der Waals surface area contributed by atoms with Gasteiger partial charge in [0.25, 0.3) is 0 Å². The van der Waals surface area contributed by atoms with Crippen LogP contribution in [0.4, 0.5) is 0 Å². The van der Waals surface area contributed by atoms with E-state index >= 15 is 0 Å². The summed E-state index contributed by atoms with van der Waals surface area (Å²) in [4.78, 5) is 0. The second-order valence-electron chi connectivity index (χ2n) is 3.60. The SMILES string of the molecule is ICn1cc(Cn2nnc3ccccc32)nn1. The Hall–Kier alpha value is -1.51. The summed E-state index contributed by atoms with van der Waals surface area (Å²) >= 11 is 2.24. The van der Waals surface area contributed by atoms with Crippen molar-refractivity contribution in [3.05, 3.63) is 36.2 Å². The molecule has 0 amide bonds. The average molecular weight is 340 g/mol. The fourth-order valence-corrected chi connectivity index (χ4v) is 1.99. The van der Waals surface area contributed by atoms with Gasteiger partial charge in [-0.1, -0.05) is 45.2 Å². The Morgan fingerprint density at radius 3 is 2.82 bits per heavy atom. The summed E-state index contributed by atoms with van der Waals surface area (Å²) in [5.41, 5.74) is 2.79. The lowest BCUT2D eigenvalue weighted by Crippen LogP contribution is -2.02. The van der Waals surface area contributed by atoms with E-state index in [2.05, 4.69) is 43.2 Å². The molecule has 2 aromatic heterocycles. The van der Waals surface area contributed by atoms with Crippen molar-refractivity contribution in [3.63, 3.8) is 0 Å². The fraction of sp³-hybridized carbons (Fsp3) is 0.200. The minimum atomic E-state index is 0.594. The molecule has 86 valence electrons. The van der Waals surface area contributed by atoms with E-state index in [1.807, 2.05) is 35.1 Å². The van der Waals surface area contributed by atoms with Crippen molar-refractivity contribution in [1.82, 2.24) is 30.0 Å². The first kappa shape index (κ1) is 10.6. The van der Waals surface area contributed by atoms with Crippen molar-refractivity contribution >= 4 is 33.6 Å². The Bertz CT molecular complexity index is 643. The van der Waals surface area contributed by atoms with Crippen LogP contribution in [0.15, 0.2) is 30.5 Å². The normalized spacial score (nSPS) is 11.1. The number of alkyl halides is 1. The lowest BCUT2D eigenvalue weighted by molar-refractivity contribution is 0.654. The smallest absolute Gasteiger partial charge is 0.113 e. The number of fused-ring (bicyclic) bond motifs is 1. The highest BCUT2D eigenvalue weighted by Crippen LogP contribution is 2.11. The summed E-state index contributed by atoms with van der Waals surface area (Å²) in [6.07, 6.45) is 1.92. The molecule has 0 radical (unpaired) electrons. The molecule has 17 heavy (non-hydrogen) atoms. The first-order valence-corrected chi connectivity index (χ1v) is 6.62. The molecule has 7 heteroatoms. The molecular weight excluding hydrogens is 331 g/mol. The Labute approximate surface area is 111 Å². The van der Waals surface area contributed by atoms with Crippen LogP contribution in [0.25, 0.3) is 11.0 Å². The van der Waals surface area contributed by atoms with Gasteiger partial charge in [0.05, 0.1) is 22.8 Å². The van der Waals surface area contributed by atoms with E-state index < -0.39 is 0 Å². The Morgan fingerprint density at radius 2 is 2.00 bits per heavy atom. The molecule has 3 rings (SSSR count). The van der Waals surface area contributed by atoms with Crippen molar-refractivity contribution in [1.29, 1.82) is 0 Å². The number of benzene rings is 1. The zero-order valence-electron chi connectivity index (χ0n) is 8.86. The number of para-hydroxylation sites is 1. The molecule has 0 spiro atoms. The maximum Gasteiger partial charge on any atom is 0.113 e. The molecule has 0 saturated carbocycles. The third kappa shape index (κ3) is 2.02. The molecule has 0 aliphatic rings. The highest BCUT2D eigenvalue weighted by molar-refractivity contribution is 14.1. The van der Waals surface area contributed by atoms with Crippen molar-refractivity contribution in [2.75, 3.05) is 0 Å². The van der Waals surface area contributed by atoms with Crippen LogP contribution in [0.1, 0.15) is 5.69 Å². The van der Waals surface area contributed by atoms with Crippen LogP contribution in [0.5, 0.6) is 0 Å². The molecule has 0 atom stereocenters. The summed E-state index contributed by atoms with van der Waals surface area (Å²) in [5.74, 6) is 0. The quantitative estimate of drug-likeness (QED) is 0.535. The van der Waals surface area contributed by atoms with Gasteiger partial charge in [-0.3, -0.25) is 0 Å². The van der Waals surface area contributed by atoms with Gasteiger partial charge in [0, 0.05) is 0 Å². The molecule has 0 N–H and O–H groups in total. The summed E-state index contributed by atoms with van der Waals surface area (Å²) in [6, 6.07) is 7.87. The van der Waals surface area contributed by atoms with Gasteiger partial charge in [-0.05, 0) is 12.1 Å². The monoisotopic (exact) mass is 340 g/mol. The van der Waals surface area contributed by atoms with E-state index in [1.165, 1.54) is 0 Å². The minimum absolute atomic E-state index is 0.594. The summed E-state index contributed by atoms with van der Waals surface area (Å²) in [6.45, 7) is 0.594. The van der Waals surface area contributed by atoms with Gasteiger partial charge in [-0.2, -0.15) is 0 Å². The van der Waals surface area contributed by atoms with Crippen LogP contribution < -0.4 is 0 Å². The second kappa shape index (κ2) is 4.40. The Balaban J connectivity index is 1.94. The third-order valence-electron chi connectivity index (χ3n) is 2.44. The maximum atomic E-state index is 4.11. The Morgan fingerprint density at radius 1 is 1.12 bits per heavy atom. The van der Waals surface area contributed by atoms with Crippen LogP contribution >= 0.6 is 22.6 Å². The van der Waals surface area contributed by atoms with Crippen molar-refractivity contribution in [2.45, 2.75) is 11.1 Å². The summed E-state index contributed by atoms with van der Waals surface area (Å²) in [7, 11) is 0. The van der Waals surface area contributed by atoms with Crippen LogP contribution in [0.3, 0.4) is 0 Å². The van der Waals surface area contributed by atoms with Gasteiger partial charge in [0.15, 0.2) is 0 Å². The molecule has 0 saturated heterocycles. The first-order chi connectivity index (χ1) is 8.36. The molecular formula is C10H9IN6. The molecule has 1 aromatic carbocycles. The van der Waals surface area contributed by atoms with E-state index in [9.17, 15) is 0 Å². The van der Waals surface area contributed by atoms with Crippen LogP contribution in [0, 0.1) is 0 Å². The van der Waals surface area contributed by atoms with Crippen LogP contribution in [-0.2, 0) is 11.1 Å². The number of hydrogen-bond acceptors (Lipinski definition) is 4. The number of nitrogens with zero attached hydrogens (tertiary/aromatic N) is 6. The van der Waals surface area contributed by atoms with Gasteiger partial charge in [0.1, 0.15) is 11.2 Å². The molecule has 0 fully saturated rings. The van der Waals surface area contributed by atoms with E-state index in [4.69, 9.17) is 0 Å². The number of halogens is 1. The first-order valence-electron chi connectivity index (χ1n) is 5.10. The molecule has 0 aliphatic heterocycles. The van der Waals surface area contributed by atoms with Crippen molar-refractivity contribution in [3.8, 4) is 0 Å². The highest BCUT2D eigenvalue weighted by Gasteiger charge is 2.06. The van der Waals surface area contributed by atoms with Gasteiger partial charge in [0.2, 0.25) is 0 Å². The molecule has 3 aromatic rings. The largest absolute Gasteiger partial charge is 0.242 e. The van der Waals surface area contributed by atoms with Crippen molar-refractivity contribution in [2.24, 2.45) is 0 Å². The predicted molar refractivity (Wildman–Crippen MR) is 70.7 cm³/mol. The number of aromatic nitrogens is 6. The number of hydrogen-bond donors (Lipinski definition) is 0. The third-order valence-corrected chi connectivity index (χ3v) is 3.14. The van der Waals surface area contributed by atoms with Crippen LogP contribution in [0.2, 0.25) is 0 Å². The second-order valence-corrected chi connectivity index (χ2v) is 4.29. The van der Waals surface area contributed by atoms with Gasteiger partial charge < -0.3 is 0 Å². The molecule has 0 unspecified atom stereocenters. The van der Waals surface area contributed by atoms with Gasteiger partial charge >= 0.3 is 0 Å². The van der Waals surface area contributed by atoms with E-state index in [1.54, 1.807) is 4.68 Å². The van der Waals surface area contributed by atoms with Crippen molar-refractivity contribution < 1.29 is 0 Å². The zero-order chi connectivity index (χ0) is 11.7. The highest BCUT2D eigenvalue weighted by atomic mass is 127. The fourth-order valence-electron chi connectivity index (χ4n) is 1.66. The lowest BCUT2D eigenvalue weighted by Gasteiger charge is -1.97. The summed E-state index contributed by atoms with van der Waals surface area (Å²) in [5, 5.41) is 16.3. The molecule has 0 aliphatic carbocycles. The van der Waals surface area contributed by atoms with Gasteiger partial charge in [-0.15, -0.1) is 10.2 Å². The molecule has 2 heterocycles.